The summed E-state index contributed by atoms with van der Waals surface area (Å²) in [7, 11) is 0. The number of hydrogen-bond acceptors (Lipinski definition) is 8. The highest BCUT2D eigenvalue weighted by molar-refractivity contribution is 8.02. The van der Waals surface area contributed by atoms with E-state index in [4.69, 9.17) is 18.9 Å². The van der Waals surface area contributed by atoms with Crippen molar-refractivity contribution in [1.29, 1.82) is 0 Å². The lowest BCUT2D eigenvalue weighted by atomic mass is 9.35. The molecule has 0 unspecified atom stereocenters. The van der Waals surface area contributed by atoms with Crippen LogP contribution in [0.15, 0.2) is 452 Å². The van der Waals surface area contributed by atoms with Gasteiger partial charge >= 0.3 is 0 Å². The summed E-state index contributed by atoms with van der Waals surface area (Å²) in [6.45, 7) is 0.523. The summed E-state index contributed by atoms with van der Waals surface area (Å²) in [4.78, 5) is 10.8. The van der Waals surface area contributed by atoms with E-state index >= 15 is 0 Å². The molecule has 0 radical (unpaired) electrons. The summed E-state index contributed by atoms with van der Waals surface area (Å²) in [6.07, 6.45) is 0. The molecule has 24 aromatic rings. The standard InChI is InChI=1S/C60H34B2N2O4.C60H34B2N2S4/c2*1-7-19-47-39(13-1)41-29-35(25-27-49(41)63(47)37-31-55-59-56(32-37)66-52-22-10-4-16-44(52)61(59)43-15-3-9-21-51(43)65-55)36-26-28-50-42(30-36)40-14-2-8-20-48(40)64(50)38-33-57-60-58(34-38)68-54-24-12-6-18-46(54)62(60)45-17-5-11-23-53(45)67-57/h2*1-34H. The first-order valence-corrected chi connectivity index (χ1v) is 49.7. The molecule has 0 aliphatic carbocycles. The molecule has 8 nitrogen and oxygen atoms in total. The van der Waals surface area contributed by atoms with Gasteiger partial charge in [-0.15, -0.1) is 0 Å². The zero-order valence-electron chi connectivity index (χ0n) is 72.6. The van der Waals surface area contributed by atoms with Crippen LogP contribution in [0.5, 0.6) is 46.0 Å². The van der Waals surface area contributed by atoms with Crippen LogP contribution >= 0.6 is 47.0 Å². The molecule has 8 aliphatic heterocycles. The summed E-state index contributed by atoms with van der Waals surface area (Å²) >= 11 is 7.69. The minimum absolute atomic E-state index is 0.0219. The molecule has 20 aromatic carbocycles. The number of nitrogens with zero attached hydrogens (tertiary/aromatic N) is 4. The molecule has 16 heteroatoms. The quantitative estimate of drug-likeness (QED) is 0.153. The smallest absolute Gasteiger partial charge is 0.260 e. The number of fused-ring (bicyclic) bond motifs is 28. The van der Waals surface area contributed by atoms with Gasteiger partial charge in [0.1, 0.15) is 46.0 Å². The summed E-state index contributed by atoms with van der Waals surface area (Å²) in [5, 5.41) is 9.76. The third-order valence-corrected chi connectivity index (χ3v) is 34.1. The summed E-state index contributed by atoms with van der Waals surface area (Å²) < 4.78 is 36.6. The van der Waals surface area contributed by atoms with E-state index in [1.54, 1.807) is 0 Å². The Bertz CT molecular complexity index is 8140. The number of hydrogen-bond donors (Lipinski definition) is 0. The van der Waals surface area contributed by atoms with Crippen LogP contribution in [0, 0.1) is 0 Å². The SMILES string of the molecule is c1ccc2c(c1)Oc1cc(-n3c4ccccc4c4cc(-c5ccc6c(c5)c5ccccc5n6-c5cc6c7c(c5)Oc5ccccc5B7c5ccccc5O6)ccc43)cc3c1B2c1ccccc1O3.c1ccc2c(c1)Sc1cc(-n3c4ccccc4c4cc(-c5ccc6c(c5)c5ccccc5n6-c5cc6c7c(c5)Sc5ccccc5B7c5ccccc5S6)ccc43)cc3c1B2c1ccccc1S3. The number of benzene rings is 20. The average Bonchev–Trinajstić information content (AvgIpc) is 1.29. The lowest BCUT2D eigenvalue weighted by Crippen LogP contribution is -2.58. The van der Waals surface area contributed by atoms with Crippen molar-refractivity contribution < 1.29 is 18.9 Å². The second-order valence-corrected chi connectivity index (χ2v) is 40.9. The molecular weight excluding hydrogens is 1730 g/mol. The van der Waals surface area contributed by atoms with Gasteiger partial charge in [-0.3, -0.25) is 0 Å². The lowest BCUT2D eigenvalue weighted by molar-refractivity contribution is 0.463. The first-order chi connectivity index (χ1) is 67.4. The third-order valence-electron chi connectivity index (χ3n) is 29.5. The molecule has 0 atom stereocenters. The minimum atomic E-state index is 0.0219. The van der Waals surface area contributed by atoms with Gasteiger partial charge in [0, 0.05) is 129 Å². The van der Waals surface area contributed by atoms with Crippen molar-refractivity contribution in [2.24, 2.45) is 0 Å². The van der Waals surface area contributed by atoms with E-state index in [1.807, 2.05) is 71.3 Å². The summed E-state index contributed by atoms with van der Waals surface area (Å²) in [6, 6.07) is 151. The summed E-state index contributed by atoms with van der Waals surface area (Å²) in [5.74, 6) is 6.79. The Morgan fingerprint density at radius 3 is 0.625 bits per heavy atom. The Hall–Kier alpha value is -15.5. The first-order valence-electron chi connectivity index (χ1n) is 46.4. The molecule has 136 heavy (non-hydrogen) atoms. The average molecular weight is 1800 g/mol. The van der Waals surface area contributed by atoms with Crippen molar-refractivity contribution in [3.63, 3.8) is 0 Å². The second kappa shape index (κ2) is 29.0. The van der Waals surface area contributed by atoms with E-state index in [9.17, 15) is 0 Å². The van der Waals surface area contributed by atoms with Gasteiger partial charge in [-0.1, -0.05) is 312 Å². The van der Waals surface area contributed by atoms with E-state index < -0.39 is 0 Å². The van der Waals surface area contributed by atoms with Crippen molar-refractivity contribution in [3.05, 3.63) is 413 Å². The van der Waals surface area contributed by atoms with Crippen LogP contribution in [-0.4, -0.2) is 45.1 Å². The van der Waals surface area contributed by atoms with E-state index in [2.05, 4.69) is 407 Å². The molecule has 0 fully saturated rings. The molecule has 0 bridgehead atoms. The third kappa shape index (κ3) is 11.1. The Kier molecular flexibility index (Phi) is 16.2. The Labute approximate surface area is 800 Å². The normalized spacial score (nSPS) is 13.6. The van der Waals surface area contributed by atoms with Gasteiger partial charge < -0.3 is 37.2 Å². The Morgan fingerprint density at radius 2 is 0.360 bits per heavy atom. The second-order valence-electron chi connectivity index (χ2n) is 36.6. The van der Waals surface area contributed by atoms with Gasteiger partial charge in [-0.25, -0.2) is 0 Å². The fourth-order valence-corrected chi connectivity index (χ4v) is 28.7. The number of para-hydroxylation sites is 8. The number of rotatable bonds is 6. The fraction of sp³-hybridized carbons (Fsp3) is 0. The van der Waals surface area contributed by atoms with Gasteiger partial charge in [-0.2, -0.15) is 0 Å². The van der Waals surface area contributed by atoms with Crippen molar-refractivity contribution >= 4 is 227 Å². The van der Waals surface area contributed by atoms with Crippen LogP contribution in [0.25, 0.3) is 132 Å². The largest absolute Gasteiger partial charge is 0.458 e. The highest BCUT2D eigenvalue weighted by Crippen LogP contribution is 2.50. The molecule has 4 aromatic heterocycles. The van der Waals surface area contributed by atoms with Crippen LogP contribution in [-0.2, 0) is 0 Å². The van der Waals surface area contributed by atoms with Gasteiger partial charge in [-0.05, 0) is 201 Å². The zero-order chi connectivity index (χ0) is 88.4. The zero-order valence-corrected chi connectivity index (χ0v) is 75.9. The monoisotopic (exact) mass is 1800 g/mol. The number of aromatic nitrogens is 4. The van der Waals surface area contributed by atoms with E-state index in [0.717, 1.165) is 123 Å². The van der Waals surface area contributed by atoms with Crippen molar-refractivity contribution in [2.75, 3.05) is 0 Å². The molecule has 628 valence electrons. The fourth-order valence-electron chi connectivity index (χ4n) is 23.8. The van der Waals surface area contributed by atoms with Crippen LogP contribution in [0.4, 0.5) is 0 Å². The van der Waals surface area contributed by atoms with E-state index in [0.29, 0.717) is 0 Å². The maximum absolute atomic E-state index is 6.74. The maximum Gasteiger partial charge on any atom is 0.260 e. The van der Waals surface area contributed by atoms with Crippen LogP contribution < -0.4 is 84.5 Å². The highest BCUT2D eigenvalue weighted by Gasteiger charge is 2.45. The van der Waals surface area contributed by atoms with Crippen molar-refractivity contribution in [1.82, 2.24) is 18.3 Å². The highest BCUT2D eigenvalue weighted by atomic mass is 32.2. The Balaban J connectivity index is 0.000000127. The van der Waals surface area contributed by atoms with Crippen LogP contribution in [0.3, 0.4) is 0 Å². The van der Waals surface area contributed by atoms with Crippen molar-refractivity contribution in [2.45, 2.75) is 39.2 Å². The minimum Gasteiger partial charge on any atom is -0.458 e. The number of ether oxygens (including phenoxy) is 4. The van der Waals surface area contributed by atoms with Gasteiger partial charge in [0.05, 0.1) is 55.5 Å². The summed E-state index contributed by atoms with van der Waals surface area (Å²) in [5.41, 5.74) is 33.8. The predicted molar refractivity (Wildman–Crippen MR) is 568 cm³/mol. The van der Waals surface area contributed by atoms with Crippen molar-refractivity contribution in [3.8, 4) is 91.0 Å². The van der Waals surface area contributed by atoms with Gasteiger partial charge in [0.2, 0.25) is 13.4 Å². The molecule has 0 saturated heterocycles. The molecule has 0 saturated carbocycles. The lowest BCUT2D eigenvalue weighted by Gasteiger charge is -2.33. The molecule has 32 rings (SSSR count). The predicted octanol–water partition coefficient (Wildman–Crippen LogP) is 23.4. The molecule has 0 spiro atoms. The topological polar surface area (TPSA) is 56.6 Å². The molecule has 0 N–H and O–H groups in total. The molecular formula is C120H68B4N4O4S4. The molecule has 0 amide bonds. The first kappa shape index (κ1) is 75.9. The van der Waals surface area contributed by atoms with Gasteiger partial charge in [0.15, 0.2) is 0 Å². The molecule has 12 heterocycles. The van der Waals surface area contributed by atoms with Gasteiger partial charge in [0.25, 0.3) is 13.4 Å². The van der Waals surface area contributed by atoms with Crippen LogP contribution in [0.2, 0.25) is 0 Å². The van der Waals surface area contributed by atoms with E-state index in [1.165, 1.54) is 160 Å². The van der Waals surface area contributed by atoms with E-state index in [-0.39, 0.29) is 26.9 Å². The Morgan fingerprint density at radius 1 is 0.154 bits per heavy atom. The maximum atomic E-state index is 6.74. The van der Waals surface area contributed by atoms with Crippen LogP contribution in [0.1, 0.15) is 0 Å². The molecule has 8 aliphatic rings.